The summed E-state index contributed by atoms with van der Waals surface area (Å²) in [6.07, 6.45) is 0. The molecule has 0 atom stereocenters. The Morgan fingerprint density at radius 3 is 2.56 bits per heavy atom. The van der Waals surface area contributed by atoms with Gasteiger partial charge in [0, 0.05) is 17.3 Å². The second-order valence-electron chi connectivity index (χ2n) is 5.35. The number of hydrogen-bond donors (Lipinski definition) is 3. The van der Waals surface area contributed by atoms with Crippen LogP contribution in [0.4, 0.5) is 17.1 Å². The first-order chi connectivity index (χ1) is 12.0. The van der Waals surface area contributed by atoms with E-state index in [2.05, 4.69) is 15.5 Å². The predicted molar refractivity (Wildman–Crippen MR) is 97.2 cm³/mol. The van der Waals surface area contributed by atoms with E-state index in [-0.39, 0.29) is 28.8 Å². The Labute approximate surface area is 148 Å². The normalized spacial score (nSPS) is 11.1. The van der Waals surface area contributed by atoms with Crippen LogP contribution in [0.25, 0.3) is 10.8 Å². The predicted octanol–water partition coefficient (Wildman–Crippen LogP) is 5.28. The number of anilines is 1. The van der Waals surface area contributed by atoms with Crippen molar-refractivity contribution in [2.24, 2.45) is 10.2 Å². The van der Waals surface area contributed by atoms with Crippen molar-refractivity contribution in [3.05, 3.63) is 53.6 Å². The van der Waals surface area contributed by atoms with Gasteiger partial charge in [-0.15, -0.1) is 10.2 Å². The lowest BCUT2D eigenvalue weighted by Crippen LogP contribution is -2.06. The maximum atomic E-state index is 11.4. The largest absolute Gasteiger partial charge is 0.506 e. The van der Waals surface area contributed by atoms with Crippen LogP contribution in [0.5, 0.6) is 11.5 Å². The highest BCUT2D eigenvalue weighted by atomic mass is 35.5. The summed E-state index contributed by atoms with van der Waals surface area (Å²) in [5, 5.41) is 32.5. The number of carbonyl (C=O) groups excluding carboxylic acids is 1. The average Bonchev–Trinajstić information content (AvgIpc) is 2.56. The smallest absolute Gasteiger partial charge is 0.221 e. The number of rotatable bonds is 3. The molecule has 25 heavy (non-hydrogen) atoms. The fraction of sp³-hybridized carbons (Fsp3) is 0.0556. The van der Waals surface area contributed by atoms with Gasteiger partial charge in [0.1, 0.15) is 22.9 Å². The van der Waals surface area contributed by atoms with Gasteiger partial charge in [0.05, 0.1) is 5.69 Å². The van der Waals surface area contributed by atoms with Gasteiger partial charge in [0.15, 0.2) is 0 Å². The van der Waals surface area contributed by atoms with E-state index < -0.39 is 0 Å². The number of benzene rings is 3. The number of nitrogens with one attached hydrogen (secondary N) is 1. The molecule has 0 aliphatic rings. The SMILES string of the molecule is CC(=O)Nc1cccc2ccc(O)c(N=Nc3cc(Cl)ccc3O)c12. The third-order valence-corrected chi connectivity index (χ3v) is 3.74. The number of phenolic OH excluding ortho intramolecular Hbond substituents is 2. The van der Waals surface area contributed by atoms with Gasteiger partial charge in [0.25, 0.3) is 0 Å². The van der Waals surface area contributed by atoms with Crippen molar-refractivity contribution in [1.29, 1.82) is 0 Å². The number of carbonyl (C=O) groups is 1. The second kappa shape index (κ2) is 6.78. The first-order valence-corrected chi connectivity index (χ1v) is 7.76. The molecule has 0 spiro atoms. The van der Waals surface area contributed by atoms with Crippen LogP contribution in [0.2, 0.25) is 5.02 Å². The van der Waals surface area contributed by atoms with Gasteiger partial charge in [-0.05, 0) is 35.7 Å². The number of nitrogens with zero attached hydrogens (tertiary/aromatic N) is 2. The molecule has 126 valence electrons. The molecule has 0 fully saturated rings. The van der Waals surface area contributed by atoms with Crippen LogP contribution >= 0.6 is 11.6 Å². The minimum atomic E-state index is -0.244. The summed E-state index contributed by atoms with van der Waals surface area (Å²) in [5.41, 5.74) is 0.854. The fourth-order valence-corrected chi connectivity index (χ4v) is 2.59. The Morgan fingerprint density at radius 2 is 1.80 bits per heavy atom. The van der Waals surface area contributed by atoms with Crippen LogP contribution in [-0.2, 0) is 4.79 Å². The summed E-state index contributed by atoms with van der Waals surface area (Å²) in [6.45, 7) is 1.40. The van der Waals surface area contributed by atoms with E-state index in [1.54, 1.807) is 18.2 Å². The molecule has 3 rings (SSSR count). The van der Waals surface area contributed by atoms with Crippen LogP contribution in [-0.4, -0.2) is 16.1 Å². The summed E-state index contributed by atoms with van der Waals surface area (Å²) < 4.78 is 0. The van der Waals surface area contributed by atoms with Gasteiger partial charge < -0.3 is 15.5 Å². The van der Waals surface area contributed by atoms with Crippen molar-refractivity contribution < 1.29 is 15.0 Å². The summed E-state index contributed by atoms with van der Waals surface area (Å²) >= 11 is 5.90. The molecule has 1 amide bonds. The molecular weight excluding hydrogens is 342 g/mol. The number of fused-ring (bicyclic) bond motifs is 1. The summed E-state index contributed by atoms with van der Waals surface area (Å²) in [5.74, 6) is -0.434. The van der Waals surface area contributed by atoms with E-state index >= 15 is 0 Å². The molecular formula is C18H14ClN3O3. The Hall–Kier alpha value is -3.12. The van der Waals surface area contributed by atoms with Crippen molar-refractivity contribution in [3.8, 4) is 11.5 Å². The van der Waals surface area contributed by atoms with Gasteiger partial charge in [-0.2, -0.15) is 0 Å². The van der Waals surface area contributed by atoms with Gasteiger partial charge in [-0.25, -0.2) is 0 Å². The number of aromatic hydroxyl groups is 2. The van der Waals surface area contributed by atoms with Crippen LogP contribution < -0.4 is 5.32 Å². The summed E-state index contributed by atoms with van der Waals surface area (Å²) in [4.78, 5) is 11.4. The molecule has 0 unspecified atom stereocenters. The van der Waals surface area contributed by atoms with E-state index in [1.165, 1.54) is 31.2 Å². The zero-order valence-electron chi connectivity index (χ0n) is 13.2. The second-order valence-corrected chi connectivity index (χ2v) is 5.79. The summed E-state index contributed by atoms with van der Waals surface area (Å²) in [7, 11) is 0. The molecule has 0 aromatic heterocycles. The third kappa shape index (κ3) is 3.54. The maximum absolute atomic E-state index is 11.4. The molecule has 0 aliphatic heterocycles. The highest BCUT2D eigenvalue weighted by Gasteiger charge is 2.12. The molecule has 0 saturated carbocycles. The van der Waals surface area contributed by atoms with E-state index in [4.69, 9.17) is 11.6 Å². The van der Waals surface area contributed by atoms with Gasteiger partial charge in [0.2, 0.25) is 5.91 Å². The van der Waals surface area contributed by atoms with Crippen molar-refractivity contribution in [1.82, 2.24) is 0 Å². The zero-order chi connectivity index (χ0) is 18.0. The maximum Gasteiger partial charge on any atom is 0.221 e. The minimum Gasteiger partial charge on any atom is -0.506 e. The van der Waals surface area contributed by atoms with Crippen LogP contribution in [0.1, 0.15) is 6.92 Å². The molecule has 0 bridgehead atoms. The Bertz CT molecular complexity index is 1000. The molecule has 3 N–H and O–H groups in total. The molecule has 7 heteroatoms. The lowest BCUT2D eigenvalue weighted by molar-refractivity contribution is -0.114. The first kappa shape index (κ1) is 16.7. The van der Waals surface area contributed by atoms with E-state index in [0.29, 0.717) is 16.1 Å². The summed E-state index contributed by atoms with van der Waals surface area (Å²) in [6, 6.07) is 12.9. The molecule has 0 heterocycles. The quantitative estimate of drug-likeness (QED) is 0.558. The van der Waals surface area contributed by atoms with Gasteiger partial charge in [-0.1, -0.05) is 29.8 Å². The third-order valence-electron chi connectivity index (χ3n) is 3.50. The van der Waals surface area contributed by atoms with E-state index in [9.17, 15) is 15.0 Å². The Kier molecular flexibility index (Phi) is 4.54. The number of azo groups is 1. The highest BCUT2D eigenvalue weighted by Crippen LogP contribution is 2.41. The van der Waals surface area contributed by atoms with Gasteiger partial charge >= 0.3 is 0 Å². The Balaban J connectivity index is 2.17. The van der Waals surface area contributed by atoms with Crippen LogP contribution in [0, 0.1) is 0 Å². The van der Waals surface area contributed by atoms with Crippen molar-refractivity contribution in [2.45, 2.75) is 6.92 Å². The lowest BCUT2D eigenvalue weighted by atomic mass is 10.1. The van der Waals surface area contributed by atoms with E-state index in [1.807, 2.05) is 6.07 Å². The highest BCUT2D eigenvalue weighted by molar-refractivity contribution is 6.30. The van der Waals surface area contributed by atoms with Crippen molar-refractivity contribution in [2.75, 3.05) is 5.32 Å². The lowest BCUT2D eigenvalue weighted by Gasteiger charge is -2.10. The topological polar surface area (TPSA) is 94.3 Å². The van der Waals surface area contributed by atoms with Crippen molar-refractivity contribution in [3.63, 3.8) is 0 Å². The Morgan fingerprint density at radius 1 is 1.04 bits per heavy atom. The molecule has 0 radical (unpaired) electrons. The molecule has 3 aromatic carbocycles. The van der Waals surface area contributed by atoms with Crippen LogP contribution in [0.15, 0.2) is 58.8 Å². The van der Waals surface area contributed by atoms with Crippen LogP contribution in [0.3, 0.4) is 0 Å². The average molecular weight is 356 g/mol. The standard InChI is InChI=1S/C18H14ClN3O3/c1-10(23)20-13-4-2-3-11-5-7-16(25)18(17(11)13)22-21-14-9-12(19)6-8-15(14)24/h2-9,24-25H,1H3,(H,20,23). The minimum absolute atomic E-state index is 0.0880. The number of hydrogen-bond acceptors (Lipinski definition) is 5. The van der Waals surface area contributed by atoms with E-state index in [0.717, 1.165) is 5.39 Å². The molecule has 0 aliphatic carbocycles. The first-order valence-electron chi connectivity index (χ1n) is 7.38. The fourth-order valence-electron chi connectivity index (χ4n) is 2.42. The monoisotopic (exact) mass is 355 g/mol. The van der Waals surface area contributed by atoms with Gasteiger partial charge in [-0.3, -0.25) is 4.79 Å². The molecule has 3 aromatic rings. The number of amides is 1. The zero-order valence-corrected chi connectivity index (χ0v) is 13.9. The number of halogens is 1. The number of phenols is 2. The van der Waals surface area contributed by atoms with Crippen molar-refractivity contribution >= 4 is 45.3 Å². The molecule has 0 saturated heterocycles. The molecule has 6 nitrogen and oxygen atoms in total.